The summed E-state index contributed by atoms with van der Waals surface area (Å²) in [5, 5.41) is 21.8. The van der Waals surface area contributed by atoms with Gasteiger partial charge in [-0.2, -0.15) is 10.5 Å². The molecule has 3 N–H and O–H groups in total. The summed E-state index contributed by atoms with van der Waals surface area (Å²) in [4.78, 5) is 16.5. The summed E-state index contributed by atoms with van der Waals surface area (Å²) in [6.45, 7) is 0.768. The second-order valence-corrected chi connectivity index (χ2v) is 9.44. The fraction of sp³-hybridized carbons (Fsp3) is 0.600. The third-order valence-electron chi connectivity index (χ3n) is 6.42. The van der Waals surface area contributed by atoms with Gasteiger partial charge in [-0.3, -0.25) is 4.79 Å². The molecule has 0 spiro atoms. The molecule has 4 aliphatic carbocycles. The number of nitrogens with zero attached hydrogens (tertiary/aromatic N) is 3. The van der Waals surface area contributed by atoms with E-state index in [4.69, 9.17) is 11.0 Å². The first-order valence-electron chi connectivity index (χ1n) is 9.50. The molecule has 1 amide bonds. The minimum Gasteiger partial charge on any atom is -0.383 e. The minimum atomic E-state index is -0.0376. The Morgan fingerprint density at radius 1 is 1.19 bits per heavy atom. The molecule has 5 rings (SSSR count). The highest BCUT2D eigenvalue weighted by Gasteiger charge is 2.50. The van der Waals surface area contributed by atoms with Crippen LogP contribution in [-0.4, -0.2) is 23.2 Å². The zero-order chi connectivity index (χ0) is 19.0. The maximum atomic E-state index is 12.4. The van der Waals surface area contributed by atoms with Crippen LogP contribution in [-0.2, 0) is 4.79 Å². The lowest BCUT2D eigenvalue weighted by Gasteiger charge is -2.56. The van der Waals surface area contributed by atoms with E-state index in [1.54, 1.807) is 0 Å². The lowest BCUT2D eigenvalue weighted by molar-refractivity contribution is -0.120. The monoisotopic (exact) mass is 381 g/mol. The average molecular weight is 382 g/mol. The first kappa shape index (κ1) is 18.1. The molecule has 0 unspecified atom stereocenters. The first-order chi connectivity index (χ1) is 13.0. The Hall–Kier alpha value is -2.25. The molecule has 4 aliphatic rings. The third-order valence-corrected chi connectivity index (χ3v) is 7.41. The number of nitrogens with one attached hydrogen (secondary N) is 1. The highest BCUT2D eigenvalue weighted by atomic mass is 32.2. The Morgan fingerprint density at radius 2 is 1.78 bits per heavy atom. The summed E-state index contributed by atoms with van der Waals surface area (Å²) in [6.07, 6.45) is 7.97. The van der Waals surface area contributed by atoms with E-state index in [9.17, 15) is 10.1 Å². The van der Waals surface area contributed by atoms with E-state index in [0.717, 1.165) is 24.3 Å². The minimum absolute atomic E-state index is 0.0376. The molecule has 0 aliphatic heterocycles. The van der Waals surface area contributed by atoms with Gasteiger partial charge in [-0.15, -0.1) is 0 Å². The number of hydrogen-bond acceptors (Lipinski definition) is 6. The van der Waals surface area contributed by atoms with E-state index in [-0.39, 0.29) is 28.6 Å². The van der Waals surface area contributed by atoms with Crippen LogP contribution in [0.4, 0.5) is 5.82 Å². The number of nitriles is 2. The molecule has 140 valence electrons. The smallest absolute Gasteiger partial charge is 0.230 e. The molecule has 0 aromatic carbocycles. The van der Waals surface area contributed by atoms with Crippen LogP contribution in [0.1, 0.15) is 49.7 Å². The predicted molar refractivity (Wildman–Crippen MR) is 102 cm³/mol. The number of pyridine rings is 1. The van der Waals surface area contributed by atoms with Gasteiger partial charge in [0.05, 0.1) is 16.9 Å². The Kier molecular flexibility index (Phi) is 4.74. The molecule has 1 aromatic rings. The van der Waals surface area contributed by atoms with Gasteiger partial charge >= 0.3 is 0 Å². The molecule has 27 heavy (non-hydrogen) atoms. The topological polar surface area (TPSA) is 116 Å². The number of aromatic nitrogens is 1. The van der Waals surface area contributed by atoms with Crippen LogP contribution in [0.15, 0.2) is 11.1 Å². The van der Waals surface area contributed by atoms with Gasteiger partial charge in [0.15, 0.2) is 0 Å². The van der Waals surface area contributed by atoms with Gasteiger partial charge in [0.25, 0.3) is 0 Å². The summed E-state index contributed by atoms with van der Waals surface area (Å²) in [5.41, 5.74) is 6.50. The number of hydrogen-bond donors (Lipinski definition) is 2. The lowest BCUT2D eigenvalue weighted by atomic mass is 9.49. The summed E-state index contributed by atoms with van der Waals surface area (Å²) >= 11 is 1.19. The van der Waals surface area contributed by atoms with E-state index >= 15 is 0 Å². The summed E-state index contributed by atoms with van der Waals surface area (Å²) in [7, 11) is 0. The molecular weight excluding hydrogens is 358 g/mol. The normalized spacial score (nSPS) is 30.5. The molecule has 1 heterocycles. The van der Waals surface area contributed by atoms with Crippen LogP contribution in [0.5, 0.6) is 0 Å². The fourth-order valence-corrected chi connectivity index (χ4v) is 6.56. The average Bonchev–Trinajstić information content (AvgIpc) is 2.63. The molecule has 6 nitrogen and oxygen atoms in total. The molecule has 0 radical (unpaired) electrons. The number of carbonyl (C=O) groups excluding carboxylic acids is 1. The molecule has 0 saturated heterocycles. The van der Waals surface area contributed by atoms with Crippen molar-refractivity contribution in [3.63, 3.8) is 0 Å². The first-order valence-corrected chi connectivity index (χ1v) is 10.5. The van der Waals surface area contributed by atoms with Crippen molar-refractivity contribution in [1.82, 2.24) is 10.3 Å². The molecule has 7 heteroatoms. The molecule has 0 atom stereocenters. The number of amides is 1. The van der Waals surface area contributed by atoms with Gasteiger partial charge in [0, 0.05) is 6.54 Å². The van der Waals surface area contributed by atoms with Crippen molar-refractivity contribution in [3.8, 4) is 12.1 Å². The van der Waals surface area contributed by atoms with Crippen molar-refractivity contribution < 1.29 is 4.79 Å². The third kappa shape index (κ3) is 3.61. The van der Waals surface area contributed by atoms with Gasteiger partial charge in [-0.1, -0.05) is 11.8 Å². The van der Waals surface area contributed by atoms with Crippen molar-refractivity contribution in [3.05, 3.63) is 17.2 Å². The molecular formula is C20H23N5OS. The van der Waals surface area contributed by atoms with Crippen molar-refractivity contribution in [2.45, 2.75) is 43.6 Å². The zero-order valence-electron chi connectivity index (χ0n) is 15.2. The Bertz CT molecular complexity index is 818. The van der Waals surface area contributed by atoms with Crippen molar-refractivity contribution >= 4 is 23.5 Å². The largest absolute Gasteiger partial charge is 0.383 e. The zero-order valence-corrected chi connectivity index (χ0v) is 16.0. The number of thioether (sulfide) groups is 1. The second kappa shape index (κ2) is 7.05. The predicted octanol–water partition coefficient (Wildman–Crippen LogP) is 2.83. The highest BCUT2D eigenvalue weighted by Crippen LogP contribution is 2.59. The maximum Gasteiger partial charge on any atom is 0.230 e. The Labute approximate surface area is 163 Å². The Balaban J connectivity index is 1.34. The van der Waals surface area contributed by atoms with E-state index in [1.807, 2.05) is 12.1 Å². The van der Waals surface area contributed by atoms with E-state index in [1.165, 1.54) is 56.4 Å². The maximum absolute atomic E-state index is 12.4. The molecule has 1 aromatic heterocycles. The van der Waals surface area contributed by atoms with Crippen LogP contribution < -0.4 is 11.1 Å². The van der Waals surface area contributed by atoms with Crippen molar-refractivity contribution in [2.75, 3.05) is 18.0 Å². The van der Waals surface area contributed by atoms with Crippen LogP contribution in [0.3, 0.4) is 0 Å². The van der Waals surface area contributed by atoms with Gasteiger partial charge in [-0.05, 0) is 67.8 Å². The van der Waals surface area contributed by atoms with Crippen LogP contribution in [0.25, 0.3) is 0 Å². The van der Waals surface area contributed by atoms with Gasteiger partial charge in [0.1, 0.15) is 23.0 Å². The van der Waals surface area contributed by atoms with Gasteiger partial charge in [-0.25, -0.2) is 4.98 Å². The number of nitrogen functional groups attached to an aromatic ring is 1. The number of rotatable bonds is 5. The van der Waals surface area contributed by atoms with Crippen LogP contribution >= 0.6 is 11.8 Å². The molecule has 4 fully saturated rings. The molecule has 4 bridgehead atoms. The van der Waals surface area contributed by atoms with Gasteiger partial charge in [0.2, 0.25) is 5.91 Å². The van der Waals surface area contributed by atoms with Crippen molar-refractivity contribution in [1.29, 1.82) is 10.5 Å². The highest BCUT2D eigenvalue weighted by molar-refractivity contribution is 8.00. The second-order valence-electron chi connectivity index (χ2n) is 8.48. The SMILES string of the molecule is N#Cc1cc(C#N)c(SCC(=O)NCC23CC4CC(CC(C4)C2)C3)nc1N. The van der Waals surface area contributed by atoms with Crippen molar-refractivity contribution in [2.24, 2.45) is 23.2 Å². The summed E-state index contributed by atoms with van der Waals surface area (Å²) in [5.74, 6) is 2.85. The van der Waals surface area contributed by atoms with Crippen LogP contribution in [0, 0.1) is 45.8 Å². The summed E-state index contributed by atoms with van der Waals surface area (Å²) < 4.78 is 0. The Morgan fingerprint density at radius 3 is 2.33 bits per heavy atom. The number of anilines is 1. The standard InChI is InChI=1S/C20H23N5OS/c21-8-15-4-16(9-22)19(25-18(15)23)27-10-17(26)24-11-20-5-12-1-13(6-20)3-14(2-12)7-20/h4,12-14H,1-3,5-7,10-11H2,(H2,23,25)(H,24,26). The van der Waals surface area contributed by atoms with Crippen LogP contribution in [0.2, 0.25) is 0 Å². The quantitative estimate of drug-likeness (QED) is 0.758. The van der Waals surface area contributed by atoms with Gasteiger partial charge < -0.3 is 11.1 Å². The fourth-order valence-electron chi connectivity index (χ4n) is 5.77. The lowest BCUT2D eigenvalue weighted by Crippen LogP contribution is -2.51. The van der Waals surface area contributed by atoms with E-state index in [2.05, 4.69) is 10.3 Å². The number of nitrogens with two attached hydrogens (primary N) is 1. The molecule has 4 saturated carbocycles. The number of carbonyl (C=O) groups is 1. The van der Waals surface area contributed by atoms with E-state index in [0.29, 0.717) is 10.4 Å². The van der Waals surface area contributed by atoms with E-state index < -0.39 is 0 Å². The summed E-state index contributed by atoms with van der Waals surface area (Å²) in [6, 6.07) is 5.37.